The molecule has 0 aliphatic rings. The average Bonchev–Trinajstić information content (AvgIpc) is 2.44. The molecule has 0 aliphatic carbocycles. The van der Waals surface area contributed by atoms with Crippen LogP contribution < -0.4 is 15.2 Å². The van der Waals surface area contributed by atoms with Gasteiger partial charge in [-0.15, -0.1) is 0 Å². The molecule has 0 bridgehead atoms. The van der Waals surface area contributed by atoms with E-state index in [2.05, 4.69) is 0 Å². The molecular formula is C17H21NO2. The van der Waals surface area contributed by atoms with Crippen molar-refractivity contribution in [2.24, 2.45) is 5.73 Å². The number of nitrogens with two attached hydrogens (primary N) is 1. The summed E-state index contributed by atoms with van der Waals surface area (Å²) in [5, 5.41) is 0. The Hall–Kier alpha value is -2.00. The minimum absolute atomic E-state index is 0.475. The van der Waals surface area contributed by atoms with Crippen LogP contribution in [0.1, 0.15) is 25.0 Å². The lowest BCUT2D eigenvalue weighted by Gasteiger charge is -2.23. The van der Waals surface area contributed by atoms with Crippen molar-refractivity contribution in [2.45, 2.75) is 26.0 Å². The van der Waals surface area contributed by atoms with Crippen LogP contribution in [0.4, 0.5) is 0 Å². The predicted octanol–water partition coefficient (Wildman–Crippen LogP) is 3.47. The minimum Gasteiger partial charge on any atom is -0.493 e. The van der Waals surface area contributed by atoms with Gasteiger partial charge < -0.3 is 15.2 Å². The number of methoxy groups -OCH3 is 1. The third kappa shape index (κ3) is 3.31. The number of ether oxygens (including phenoxy) is 2. The molecule has 0 saturated heterocycles. The summed E-state index contributed by atoms with van der Waals surface area (Å²) in [4.78, 5) is 0. The number of hydrogen-bond donors (Lipinski definition) is 1. The van der Waals surface area contributed by atoms with Gasteiger partial charge in [0, 0.05) is 11.1 Å². The summed E-state index contributed by atoms with van der Waals surface area (Å²) >= 11 is 0. The summed E-state index contributed by atoms with van der Waals surface area (Å²) in [5.41, 5.74) is 7.75. The van der Waals surface area contributed by atoms with Crippen molar-refractivity contribution in [3.63, 3.8) is 0 Å². The first-order valence-corrected chi connectivity index (χ1v) is 6.65. The van der Waals surface area contributed by atoms with E-state index in [0.717, 1.165) is 11.1 Å². The van der Waals surface area contributed by atoms with E-state index in [4.69, 9.17) is 15.2 Å². The van der Waals surface area contributed by atoms with Crippen molar-refractivity contribution < 1.29 is 9.47 Å². The Labute approximate surface area is 120 Å². The molecule has 0 unspecified atom stereocenters. The molecule has 2 N–H and O–H groups in total. The quantitative estimate of drug-likeness (QED) is 0.905. The predicted molar refractivity (Wildman–Crippen MR) is 81.0 cm³/mol. The zero-order valence-corrected chi connectivity index (χ0v) is 12.2. The van der Waals surface area contributed by atoms with Crippen LogP contribution >= 0.6 is 0 Å². The Morgan fingerprint density at radius 2 is 1.70 bits per heavy atom. The van der Waals surface area contributed by atoms with Crippen LogP contribution in [0.15, 0.2) is 48.5 Å². The molecule has 2 aromatic rings. The second kappa shape index (κ2) is 5.97. The molecule has 106 valence electrons. The lowest BCUT2D eigenvalue weighted by Crippen LogP contribution is -2.29. The average molecular weight is 271 g/mol. The molecule has 0 radical (unpaired) electrons. The highest BCUT2D eigenvalue weighted by Crippen LogP contribution is 2.36. The Balaban J connectivity index is 2.24. The van der Waals surface area contributed by atoms with Crippen molar-refractivity contribution in [3.8, 4) is 11.5 Å². The molecule has 0 aromatic heterocycles. The fraction of sp³-hybridized carbons (Fsp3) is 0.294. The molecule has 0 aliphatic heterocycles. The summed E-state index contributed by atoms with van der Waals surface area (Å²) in [6, 6.07) is 15.8. The Morgan fingerprint density at radius 1 is 1.00 bits per heavy atom. The highest BCUT2D eigenvalue weighted by atomic mass is 16.5. The van der Waals surface area contributed by atoms with E-state index in [-0.39, 0.29) is 0 Å². The van der Waals surface area contributed by atoms with E-state index in [1.165, 1.54) is 0 Å². The van der Waals surface area contributed by atoms with E-state index in [1.54, 1.807) is 7.11 Å². The molecule has 0 spiro atoms. The van der Waals surface area contributed by atoms with Crippen LogP contribution in [0.5, 0.6) is 11.5 Å². The second-order valence-electron chi connectivity index (χ2n) is 5.33. The number of benzene rings is 2. The second-order valence-corrected chi connectivity index (χ2v) is 5.33. The summed E-state index contributed by atoms with van der Waals surface area (Å²) in [6.45, 7) is 4.41. The molecule has 3 nitrogen and oxygen atoms in total. The van der Waals surface area contributed by atoms with Crippen LogP contribution in [0.2, 0.25) is 0 Å². The molecule has 2 rings (SSSR count). The summed E-state index contributed by atoms with van der Waals surface area (Å²) in [6.07, 6.45) is 0. The van der Waals surface area contributed by atoms with Crippen molar-refractivity contribution in [1.82, 2.24) is 0 Å². The molecule has 0 heterocycles. The van der Waals surface area contributed by atoms with Gasteiger partial charge in [-0.05, 0) is 25.5 Å². The van der Waals surface area contributed by atoms with Crippen LogP contribution in [0.25, 0.3) is 0 Å². The van der Waals surface area contributed by atoms with Crippen molar-refractivity contribution >= 4 is 0 Å². The van der Waals surface area contributed by atoms with Gasteiger partial charge in [0.25, 0.3) is 0 Å². The fourth-order valence-corrected chi connectivity index (χ4v) is 2.08. The highest BCUT2D eigenvalue weighted by Gasteiger charge is 2.21. The van der Waals surface area contributed by atoms with E-state index in [9.17, 15) is 0 Å². The first-order valence-electron chi connectivity index (χ1n) is 6.65. The summed E-state index contributed by atoms with van der Waals surface area (Å²) in [7, 11) is 1.64. The van der Waals surface area contributed by atoms with Gasteiger partial charge in [-0.25, -0.2) is 0 Å². The van der Waals surface area contributed by atoms with E-state index >= 15 is 0 Å². The molecule has 0 saturated carbocycles. The van der Waals surface area contributed by atoms with Crippen molar-refractivity contribution in [3.05, 3.63) is 59.7 Å². The van der Waals surface area contributed by atoms with Crippen LogP contribution in [0, 0.1) is 0 Å². The first-order chi connectivity index (χ1) is 9.52. The Bertz CT molecular complexity index is 559. The Morgan fingerprint density at radius 3 is 2.30 bits per heavy atom. The minimum atomic E-state index is -0.475. The first kappa shape index (κ1) is 14.4. The third-order valence-corrected chi connectivity index (χ3v) is 3.11. The molecule has 2 aromatic carbocycles. The van der Waals surface area contributed by atoms with Gasteiger partial charge in [-0.3, -0.25) is 0 Å². The van der Waals surface area contributed by atoms with E-state index in [1.807, 2.05) is 62.4 Å². The lowest BCUT2D eigenvalue weighted by atomic mass is 9.94. The highest BCUT2D eigenvalue weighted by molar-refractivity contribution is 5.49. The summed E-state index contributed by atoms with van der Waals surface area (Å²) < 4.78 is 11.4. The van der Waals surface area contributed by atoms with Gasteiger partial charge in [0.2, 0.25) is 0 Å². The van der Waals surface area contributed by atoms with Crippen LogP contribution in [-0.2, 0) is 12.1 Å². The lowest BCUT2D eigenvalue weighted by molar-refractivity contribution is 0.280. The number of hydrogen-bond acceptors (Lipinski definition) is 3. The molecule has 20 heavy (non-hydrogen) atoms. The standard InChI is InChI=1S/C17H21NO2/c1-17(2,18)14-10-7-11-15(16(14)19-3)20-12-13-8-5-4-6-9-13/h4-11H,12,18H2,1-3H3. The number of para-hydroxylation sites is 1. The van der Waals surface area contributed by atoms with Gasteiger partial charge in [0.15, 0.2) is 11.5 Å². The summed E-state index contributed by atoms with van der Waals surface area (Å²) in [5.74, 6) is 1.42. The van der Waals surface area contributed by atoms with Gasteiger partial charge in [-0.1, -0.05) is 42.5 Å². The molecular weight excluding hydrogens is 250 g/mol. The van der Waals surface area contributed by atoms with Crippen molar-refractivity contribution in [1.29, 1.82) is 0 Å². The zero-order valence-electron chi connectivity index (χ0n) is 12.2. The molecule has 0 fully saturated rings. The van der Waals surface area contributed by atoms with Gasteiger partial charge in [0.05, 0.1) is 7.11 Å². The fourth-order valence-electron chi connectivity index (χ4n) is 2.08. The van der Waals surface area contributed by atoms with E-state index in [0.29, 0.717) is 18.1 Å². The molecule has 0 atom stereocenters. The number of rotatable bonds is 5. The molecule has 0 amide bonds. The third-order valence-electron chi connectivity index (χ3n) is 3.11. The van der Waals surface area contributed by atoms with E-state index < -0.39 is 5.54 Å². The smallest absolute Gasteiger partial charge is 0.165 e. The van der Waals surface area contributed by atoms with Crippen LogP contribution in [-0.4, -0.2) is 7.11 Å². The monoisotopic (exact) mass is 271 g/mol. The Kier molecular flexibility index (Phi) is 4.30. The van der Waals surface area contributed by atoms with Crippen molar-refractivity contribution in [2.75, 3.05) is 7.11 Å². The SMILES string of the molecule is COc1c(OCc2ccccc2)cccc1C(C)(C)N. The maximum absolute atomic E-state index is 6.17. The largest absolute Gasteiger partial charge is 0.493 e. The van der Waals surface area contributed by atoms with Gasteiger partial charge in [-0.2, -0.15) is 0 Å². The van der Waals surface area contributed by atoms with Gasteiger partial charge >= 0.3 is 0 Å². The maximum atomic E-state index is 6.17. The molecule has 3 heteroatoms. The van der Waals surface area contributed by atoms with Crippen LogP contribution in [0.3, 0.4) is 0 Å². The zero-order chi connectivity index (χ0) is 14.6. The normalized spacial score (nSPS) is 11.2. The van der Waals surface area contributed by atoms with Gasteiger partial charge in [0.1, 0.15) is 6.61 Å². The topological polar surface area (TPSA) is 44.5 Å². The maximum Gasteiger partial charge on any atom is 0.165 e.